The molecule has 1 saturated carbocycles. The van der Waals surface area contributed by atoms with Gasteiger partial charge in [0.05, 0.1) is 34.7 Å². The molecular formula is C32H42N6O4. The highest BCUT2D eigenvalue weighted by molar-refractivity contribution is 5.81. The number of hydrogen-bond acceptors (Lipinski definition) is 8. The number of ether oxygens (including phenoxy) is 2. The first-order valence-electron chi connectivity index (χ1n) is 14.6. The molecule has 1 aliphatic carbocycles. The van der Waals surface area contributed by atoms with Crippen LogP contribution in [0.5, 0.6) is 0 Å². The molecule has 224 valence electrons. The molecule has 1 spiro atoms. The lowest BCUT2D eigenvalue weighted by molar-refractivity contribution is 0.0106. The molecule has 3 aromatic rings. The molecule has 1 N–H and O–H groups in total. The highest BCUT2D eigenvalue weighted by atomic mass is 16.6. The molecule has 3 aromatic heterocycles. The fraction of sp³-hybridized carbons (Fsp3) is 0.531. The van der Waals surface area contributed by atoms with Crippen LogP contribution >= 0.6 is 0 Å². The lowest BCUT2D eigenvalue weighted by Crippen LogP contribution is -2.58. The number of rotatable bonds is 4. The maximum Gasteiger partial charge on any atom is 0.410 e. The zero-order valence-electron chi connectivity index (χ0n) is 26.0. The molecule has 0 atom stereocenters. The van der Waals surface area contributed by atoms with E-state index < -0.39 is 17.3 Å². The number of amides is 2. The maximum absolute atomic E-state index is 12.9. The summed E-state index contributed by atoms with van der Waals surface area (Å²) in [4.78, 5) is 43.8. The summed E-state index contributed by atoms with van der Waals surface area (Å²) in [5, 5.41) is 3.66. The van der Waals surface area contributed by atoms with Gasteiger partial charge in [-0.25, -0.2) is 19.6 Å². The normalized spacial score (nSPS) is 16.5. The van der Waals surface area contributed by atoms with E-state index in [2.05, 4.69) is 35.1 Å². The average Bonchev–Trinajstić information content (AvgIpc) is 3.65. The third kappa shape index (κ3) is 6.58. The first kappa shape index (κ1) is 29.5. The van der Waals surface area contributed by atoms with Crippen LogP contribution in [0.15, 0.2) is 30.5 Å². The Morgan fingerprint density at radius 3 is 2.36 bits per heavy atom. The van der Waals surface area contributed by atoms with Crippen LogP contribution in [0.3, 0.4) is 0 Å². The van der Waals surface area contributed by atoms with Gasteiger partial charge < -0.3 is 19.7 Å². The number of pyridine rings is 3. The Kier molecular flexibility index (Phi) is 7.53. The SMILES string of the molecule is Cc1cc(N2CCN(C(=O)OC(C)(C)C)C3(CC3)C2)nc(-c2ccc3cnc(CNC(=O)OC(C)(C)C)cc3n2)c1C. The van der Waals surface area contributed by atoms with Crippen molar-refractivity contribution < 1.29 is 19.1 Å². The highest BCUT2D eigenvalue weighted by Crippen LogP contribution is 2.45. The number of nitrogens with zero attached hydrogens (tertiary/aromatic N) is 5. The number of alkyl carbamates (subject to hydrolysis) is 1. The van der Waals surface area contributed by atoms with E-state index in [-0.39, 0.29) is 18.2 Å². The molecule has 1 saturated heterocycles. The van der Waals surface area contributed by atoms with Gasteiger partial charge in [0.2, 0.25) is 0 Å². The number of carbonyl (C=O) groups is 2. The predicted octanol–water partition coefficient (Wildman–Crippen LogP) is 5.92. The Bertz CT molecular complexity index is 1520. The minimum absolute atomic E-state index is 0.195. The number of hydrogen-bond donors (Lipinski definition) is 1. The molecule has 10 nitrogen and oxygen atoms in total. The molecule has 0 unspecified atom stereocenters. The van der Waals surface area contributed by atoms with E-state index >= 15 is 0 Å². The fourth-order valence-electron chi connectivity index (χ4n) is 5.24. The molecule has 1 aliphatic heterocycles. The average molecular weight is 575 g/mol. The Balaban J connectivity index is 1.37. The standard InChI is InChI=1S/C32H42N6O4/c1-20-15-26(37-13-14-38(32(19-37)11-12-32)29(40)42-31(6,7)8)36-27(21(20)2)24-10-9-22-17-33-23(16-25(22)35-24)18-34-28(39)41-30(3,4)5/h9-10,15-17H,11-14,18-19H2,1-8H3,(H,34,39). The van der Waals surface area contributed by atoms with E-state index in [1.807, 2.05) is 64.6 Å². The third-order valence-corrected chi connectivity index (χ3v) is 7.62. The van der Waals surface area contributed by atoms with Gasteiger partial charge in [-0.3, -0.25) is 9.88 Å². The van der Waals surface area contributed by atoms with Crippen molar-refractivity contribution in [3.63, 3.8) is 0 Å². The largest absolute Gasteiger partial charge is 0.444 e. The van der Waals surface area contributed by atoms with Crippen LogP contribution in [0, 0.1) is 13.8 Å². The van der Waals surface area contributed by atoms with Gasteiger partial charge in [0.15, 0.2) is 0 Å². The molecule has 0 radical (unpaired) electrons. The summed E-state index contributed by atoms with van der Waals surface area (Å²) in [5.41, 5.74) is 3.98. The number of carbonyl (C=O) groups excluding carboxylic acids is 2. The van der Waals surface area contributed by atoms with Crippen LogP contribution in [-0.2, 0) is 16.0 Å². The van der Waals surface area contributed by atoms with E-state index in [1.54, 1.807) is 6.20 Å². The summed E-state index contributed by atoms with van der Waals surface area (Å²) < 4.78 is 11.0. The minimum Gasteiger partial charge on any atom is -0.444 e. The molecule has 4 heterocycles. The van der Waals surface area contributed by atoms with E-state index in [0.29, 0.717) is 18.8 Å². The van der Waals surface area contributed by atoms with Gasteiger partial charge in [0, 0.05) is 31.2 Å². The first-order valence-corrected chi connectivity index (χ1v) is 14.6. The number of aromatic nitrogens is 3. The van der Waals surface area contributed by atoms with Crippen LogP contribution in [0.4, 0.5) is 15.4 Å². The van der Waals surface area contributed by atoms with Gasteiger partial charge in [-0.2, -0.15) is 0 Å². The topological polar surface area (TPSA) is 110 Å². The van der Waals surface area contributed by atoms with Crippen LogP contribution in [-0.4, -0.2) is 68.4 Å². The number of nitrogens with one attached hydrogen (secondary N) is 1. The second-order valence-corrected chi connectivity index (χ2v) is 13.5. The molecule has 5 rings (SSSR count). The lowest BCUT2D eigenvalue weighted by atomic mass is 10.0. The summed E-state index contributed by atoms with van der Waals surface area (Å²) in [5.74, 6) is 0.891. The number of anilines is 1. The first-order chi connectivity index (χ1) is 19.6. The maximum atomic E-state index is 12.9. The molecule has 0 aromatic carbocycles. The number of piperazine rings is 1. The summed E-state index contributed by atoms with van der Waals surface area (Å²) >= 11 is 0. The van der Waals surface area contributed by atoms with Crippen LogP contribution < -0.4 is 10.2 Å². The molecular weight excluding hydrogens is 532 g/mol. The van der Waals surface area contributed by atoms with Gasteiger partial charge in [-0.1, -0.05) is 0 Å². The van der Waals surface area contributed by atoms with E-state index in [0.717, 1.165) is 58.6 Å². The number of fused-ring (bicyclic) bond motifs is 1. The summed E-state index contributed by atoms with van der Waals surface area (Å²) in [6.45, 7) is 17.6. The van der Waals surface area contributed by atoms with Gasteiger partial charge >= 0.3 is 12.2 Å². The smallest absolute Gasteiger partial charge is 0.410 e. The van der Waals surface area contributed by atoms with E-state index in [9.17, 15) is 9.59 Å². The van der Waals surface area contributed by atoms with Crippen molar-refractivity contribution in [2.75, 3.05) is 24.5 Å². The molecule has 0 bridgehead atoms. The molecule has 42 heavy (non-hydrogen) atoms. The Morgan fingerprint density at radius 1 is 0.976 bits per heavy atom. The van der Waals surface area contributed by atoms with Crippen molar-refractivity contribution in [3.05, 3.63) is 47.3 Å². The molecule has 10 heteroatoms. The van der Waals surface area contributed by atoms with Crippen molar-refractivity contribution in [2.24, 2.45) is 0 Å². The van der Waals surface area contributed by atoms with Gasteiger partial charge in [-0.15, -0.1) is 0 Å². The zero-order chi connectivity index (χ0) is 30.4. The third-order valence-electron chi connectivity index (χ3n) is 7.62. The fourth-order valence-corrected chi connectivity index (χ4v) is 5.24. The Morgan fingerprint density at radius 2 is 1.69 bits per heavy atom. The van der Waals surface area contributed by atoms with Crippen molar-refractivity contribution in [2.45, 2.75) is 91.5 Å². The molecule has 2 aliphatic rings. The molecule has 2 fully saturated rings. The minimum atomic E-state index is -0.570. The summed E-state index contributed by atoms with van der Waals surface area (Å²) in [6, 6.07) is 7.99. The zero-order valence-corrected chi connectivity index (χ0v) is 26.0. The van der Waals surface area contributed by atoms with Gasteiger partial charge in [0.1, 0.15) is 17.0 Å². The second kappa shape index (κ2) is 10.7. The predicted molar refractivity (Wildman–Crippen MR) is 162 cm³/mol. The highest BCUT2D eigenvalue weighted by Gasteiger charge is 2.54. The summed E-state index contributed by atoms with van der Waals surface area (Å²) in [7, 11) is 0. The molecule has 2 amide bonds. The lowest BCUT2D eigenvalue weighted by Gasteiger charge is -2.43. The van der Waals surface area contributed by atoms with Crippen molar-refractivity contribution >= 4 is 28.9 Å². The quantitative estimate of drug-likeness (QED) is 0.409. The van der Waals surface area contributed by atoms with Gasteiger partial charge in [-0.05, 0) is 104 Å². The van der Waals surface area contributed by atoms with Gasteiger partial charge in [0.25, 0.3) is 0 Å². The number of aryl methyl sites for hydroxylation is 1. The Hall–Kier alpha value is -3.95. The second-order valence-electron chi connectivity index (χ2n) is 13.5. The van der Waals surface area contributed by atoms with E-state index in [1.165, 1.54) is 0 Å². The van der Waals surface area contributed by atoms with Crippen LogP contribution in [0.25, 0.3) is 22.3 Å². The van der Waals surface area contributed by atoms with Crippen molar-refractivity contribution in [3.8, 4) is 11.4 Å². The Labute approximate surface area is 247 Å². The van der Waals surface area contributed by atoms with Crippen molar-refractivity contribution in [1.82, 2.24) is 25.2 Å². The van der Waals surface area contributed by atoms with Crippen LogP contribution in [0.1, 0.15) is 71.2 Å². The summed E-state index contributed by atoms with van der Waals surface area (Å²) in [6.07, 6.45) is 2.97. The van der Waals surface area contributed by atoms with E-state index in [4.69, 9.17) is 19.4 Å². The van der Waals surface area contributed by atoms with Crippen LogP contribution in [0.2, 0.25) is 0 Å². The van der Waals surface area contributed by atoms with Crippen molar-refractivity contribution in [1.29, 1.82) is 0 Å². The monoisotopic (exact) mass is 574 g/mol.